The molecule has 3 heteroatoms. The van der Waals surface area contributed by atoms with Crippen LogP contribution in [0, 0.1) is 0 Å². The zero-order valence-corrected chi connectivity index (χ0v) is 8.82. The number of amides is 1. The number of hydrogen-bond acceptors (Lipinski definition) is 2. The van der Waals surface area contributed by atoms with Crippen molar-refractivity contribution in [1.82, 2.24) is 5.32 Å². The number of nitrogens with one attached hydrogen (secondary N) is 1. The molecule has 0 spiro atoms. The van der Waals surface area contributed by atoms with Crippen LogP contribution < -0.4 is 5.32 Å². The summed E-state index contributed by atoms with van der Waals surface area (Å²) in [5, 5.41) is 2.97. The van der Waals surface area contributed by atoms with Crippen LogP contribution in [0.1, 0.15) is 23.6 Å². The zero-order chi connectivity index (χ0) is 10.7. The molecular formula is C12H15NO2. The zero-order valence-electron chi connectivity index (χ0n) is 8.82. The van der Waals surface area contributed by atoms with Crippen LogP contribution in [0.25, 0.3) is 0 Å². The lowest BCUT2D eigenvalue weighted by molar-refractivity contribution is -0.125. The molecular weight excluding hydrogens is 190 g/mol. The Bertz CT molecular complexity index is 362. The van der Waals surface area contributed by atoms with Crippen molar-refractivity contribution in [2.45, 2.75) is 18.9 Å². The molecule has 0 radical (unpaired) electrons. The fourth-order valence-corrected chi connectivity index (χ4v) is 2.07. The first-order valence-corrected chi connectivity index (χ1v) is 5.17. The van der Waals surface area contributed by atoms with Gasteiger partial charge in [-0.3, -0.25) is 4.79 Å². The van der Waals surface area contributed by atoms with Gasteiger partial charge in [0.05, 0.1) is 6.04 Å². The summed E-state index contributed by atoms with van der Waals surface area (Å²) in [7, 11) is 1.53. The van der Waals surface area contributed by atoms with Crippen LogP contribution in [0.2, 0.25) is 0 Å². The highest BCUT2D eigenvalue weighted by Gasteiger charge is 2.22. The number of aryl methyl sites for hydroxylation is 1. The summed E-state index contributed by atoms with van der Waals surface area (Å²) in [5.41, 5.74) is 2.60. The first kappa shape index (κ1) is 10.2. The van der Waals surface area contributed by atoms with E-state index in [1.54, 1.807) is 0 Å². The molecule has 2 rings (SSSR count). The van der Waals surface area contributed by atoms with Gasteiger partial charge in [0.2, 0.25) is 5.91 Å². The van der Waals surface area contributed by atoms with E-state index in [2.05, 4.69) is 17.4 Å². The van der Waals surface area contributed by atoms with Crippen LogP contribution >= 0.6 is 0 Å². The number of rotatable bonds is 3. The maximum Gasteiger partial charge on any atom is 0.246 e. The highest BCUT2D eigenvalue weighted by atomic mass is 16.5. The molecule has 0 heterocycles. The molecule has 1 N–H and O–H groups in total. The summed E-state index contributed by atoms with van der Waals surface area (Å²) >= 11 is 0. The first-order chi connectivity index (χ1) is 7.31. The lowest BCUT2D eigenvalue weighted by Crippen LogP contribution is -2.30. The Morgan fingerprint density at radius 1 is 1.53 bits per heavy atom. The molecule has 0 aromatic heterocycles. The van der Waals surface area contributed by atoms with Crippen LogP contribution in [0.5, 0.6) is 0 Å². The monoisotopic (exact) mass is 205 g/mol. The van der Waals surface area contributed by atoms with E-state index >= 15 is 0 Å². The summed E-state index contributed by atoms with van der Waals surface area (Å²) < 4.78 is 4.79. The fraction of sp³-hybridized carbons (Fsp3) is 0.417. The predicted molar refractivity (Wildman–Crippen MR) is 57.5 cm³/mol. The second-order valence-electron chi connectivity index (χ2n) is 3.79. The lowest BCUT2D eigenvalue weighted by atomic mass is 10.1. The van der Waals surface area contributed by atoms with Crippen LogP contribution in [-0.2, 0) is 16.0 Å². The maximum absolute atomic E-state index is 11.4. The van der Waals surface area contributed by atoms with E-state index in [1.165, 1.54) is 18.2 Å². The number of fused-ring (bicyclic) bond motifs is 1. The third kappa shape index (κ3) is 2.18. The predicted octanol–water partition coefficient (Wildman–Crippen LogP) is 1.44. The molecule has 0 aliphatic heterocycles. The summed E-state index contributed by atoms with van der Waals surface area (Å²) in [4.78, 5) is 11.4. The minimum atomic E-state index is -0.0424. The average molecular weight is 205 g/mol. The highest BCUT2D eigenvalue weighted by molar-refractivity contribution is 5.77. The summed E-state index contributed by atoms with van der Waals surface area (Å²) in [6.45, 7) is 0.138. The van der Waals surface area contributed by atoms with Gasteiger partial charge in [-0.25, -0.2) is 0 Å². The SMILES string of the molecule is COCC(=O)NC1CCc2ccccc21. The van der Waals surface area contributed by atoms with Crippen LogP contribution in [0.3, 0.4) is 0 Å². The molecule has 1 aromatic carbocycles. The Hall–Kier alpha value is -1.35. The van der Waals surface area contributed by atoms with Gasteiger partial charge < -0.3 is 10.1 Å². The number of benzene rings is 1. The normalized spacial score (nSPS) is 18.6. The van der Waals surface area contributed by atoms with Crippen molar-refractivity contribution in [3.8, 4) is 0 Å². The Morgan fingerprint density at radius 3 is 3.13 bits per heavy atom. The molecule has 1 aliphatic carbocycles. The largest absolute Gasteiger partial charge is 0.375 e. The van der Waals surface area contributed by atoms with E-state index in [9.17, 15) is 4.79 Å². The van der Waals surface area contributed by atoms with Crippen molar-refractivity contribution < 1.29 is 9.53 Å². The third-order valence-electron chi connectivity index (χ3n) is 2.74. The Kier molecular flexibility index (Phi) is 3.02. The molecule has 1 aromatic rings. The Balaban J connectivity index is 2.04. The summed E-state index contributed by atoms with van der Waals surface area (Å²) in [6, 6.07) is 8.43. The summed E-state index contributed by atoms with van der Waals surface area (Å²) in [6.07, 6.45) is 2.04. The van der Waals surface area contributed by atoms with Gasteiger partial charge in [-0.2, -0.15) is 0 Å². The van der Waals surface area contributed by atoms with E-state index in [1.807, 2.05) is 12.1 Å². The minimum absolute atomic E-state index is 0.0424. The Labute approximate surface area is 89.4 Å². The van der Waals surface area contributed by atoms with Gasteiger partial charge >= 0.3 is 0 Å². The second-order valence-corrected chi connectivity index (χ2v) is 3.79. The van der Waals surface area contributed by atoms with E-state index in [0.29, 0.717) is 0 Å². The molecule has 0 saturated carbocycles. The number of carbonyl (C=O) groups excluding carboxylic acids is 1. The van der Waals surface area contributed by atoms with Gasteiger partial charge in [0, 0.05) is 7.11 Å². The minimum Gasteiger partial charge on any atom is -0.375 e. The lowest BCUT2D eigenvalue weighted by Gasteiger charge is -2.13. The van der Waals surface area contributed by atoms with Crippen LogP contribution in [0.15, 0.2) is 24.3 Å². The van der Waals surface area contributed by atoms with Crippen molar-refractivity contribution in [1.29, 1.82) is 0 Å². The number of methoxy groups -OCH3 is 1. The van der Waals surface area contributed by atoms with Gasteiger partial charge in [0.15, 0.2) is 0 Å². The average Bonchev–Trinajstić information content (AvgIpc) is 2.62. The topological polar surface area (TPSA) is 38.3 Å². The molecule has 3 nitrogen and oxygen atoms in total. The van der Waals surface area contributed by atoms with Crippen molar-refractivity contribution >= 4 is 5.91 Å². The third-order valence-corrected chi connectivity index (χ3v) is 2.74. The van der Waals surface area contributed by atoms with E-state index in [-0.39, 0.29) is 18.6 Å². The van der Waals surface area contributed by atoms with E-state index in [4.69, 9.17) is 4.74 Å². The smallest absolute Gasteiger partial charge is 0.246 e. The number of carbonyl (C=O) groups is 1. The van der Waals surface area contributed by atoms with Crippen molar-refractivity contribution in [3.05, 3.63) is 35.4 Å². The van der Waals surface area contributed by atoms with Gasteiger partial charge in [-0.15, -0.1) is 0 Å². The molecule has 1 amide bonds. The second kappa shape index (κ2) is 4.45. The van der Waals surface area contributed by atoms with Crippen LogP contribution in [0.4, 0.5) is 0 Å². The first-order valence-electron chi connectivity index (χ1n) is 5.17. The standard InChI is InChI=1S/C12H15NO2/c1-15-8-12(14)13-11-7-6-9-4-2-3-5-10(9)11/h2-5,11H,6-8H2,1H3,(H,13,14). The number of hydrogen-bond donors (Lipinski definition) is 1. The number of ether oxygens (including phenoxy) is 1. The Morgan fingerprint density at radius 2 is 2.33 bits per heavy atom. The van der Waals surface area contributed by atoms with Crippen LogP contribution in [-0.4, -0.2) is 19.6 Å². The van der Waals surface area contributed by atoms with E-state index in [0.717, 1.165) is 12.8 Å². The maximum atomic E-state index is 11.4. The highest BCUT2D eigenvalue weighted by Crippen LogP contribution is 2.30. The van der Waals surface area contributed by atoms with Gasteiger partial charge in [0.1, 0.15) is 6.61 Å². The molecule has 80 valence electrons. The summed E-state index contributed by atoms with van der Waals surface area (Å²) in [5.74, 6) is -0.0424. The fourth-order valence-electron chi connectivity index (χ4n) is 2.07. The molecule has 15 heavy (non-hydrogen) atoms. The quantitative estimate of drug-likeness (QED) is 0.810. The van der Waals surface area contributed by atoms with E-state index < -0.39 is 0 Å². The molecule has 1 unspecified atom stereocenters. The van der Waals surface area contributed by atoms with Crippen molar-refractivity contribution in [3.63, 3.8) is 0 Å². The van der Waals surface area contributed by atoms with Gasteiger partial charge in [0.25, 0.3) is 0 Å². The van der Waals surface area contributed by atoms with Gasteiger partial charge in [-0.05, 0) is 24.0 Å². The van der Waals surface area contributed by atoms with Crippen molar-refractivity contribution in [2.75, 3.05) is 13.7 Å². The molecule has 1 aliphatic rings. The molecule has 0 bridgehead atoms. The molecule has 0 fully saturated rings. The van der Waals surface area contributed by atoms with Gasteiger partial charge in [-0.1, -0.05) is 24.3 Å². The molecule has 0 saturated heterocycles. The molecule has 1 atom stereocenters. The van der Waals surface area contributed by atoms with Crippen molar-refractivity contribution in [2.24, 2.45) is 0 Å².